The highest BCUT2D eigenvalue weighted by molar-refractivity contribution is 6.32. The van der Waals surface area contributed by atoms with Crippen molar-refractivity contribution in [2.24, 2.45) is 5.92 Å². The molecule has 4 nitrogen and oxygen atoms in total. The molecule has 0 aliphatic heterocycles. The summed E-state index contributed by atoms with van der Waals surface area (Å²) >= 11 is 0. The molecule has 1 aliphatic carbocycles. The summed E-state index contributed by atoms with van der Waals surface area (Å²) in [5.41, 5.74) is 1.69. The zero-order chi connectivity index (χ0) is 12.2. The van der Waals surface area contributed by atoms with Crippen molar-refractivity contribution in [3.8, 4) is 0 Å². The lowest BCUT2D eigenvalue weighted by molar-refractivity contribution is 0.304. The lowest BCUT2D eigenvalue weighted by Gasteiger charge is -2.25. The van der Waals surface area contributed by atoms with Crippen LogP contribution in [-0.2, 0) is 5.54 Å². The molecule has 1 N–H and O–H groups in total. The maximum atomic E-state index is 12.1. The fraction of sp³-hybridized carbons (Fsp3) is 0.500. The number of rotatable bonds is 2. The van der Waals surface area contributed by atoms with Crippen molar-refractivity contribution >= 4 is 24.5 Å². The summed E-state index contributed by atoms with van der Waals surface area (Å²) in [6.07, 6.45) is 3.96. The average Bonchev–Trinajstić information content (AvgIpc) is 3.01. The van der Waals surface area contributed by atoms with Crippen molar-refractivity contribution in [2.75, 3.05) is 0 Å². The summed E-state index contributed by atoms with van der Waals surface area (Å²) in [5.74, 6) is 0.568. The van der Waals surface area contributed by atoms with Crippen LogP contribution in [0.15, 0.2) is 17.1 Å². The standard InChI is InChI=1S/C12H14BN3O/c1-12(2,7-3-4-7)16-10-9(15-11(16)17)5-8(13)6-14-10/h5-7H,3-4H2,1-2H3,(H,15,17). The van der Waals surface area contributed by atoms with E-state index in [-0.39, 0.29) is 11.2 Å². The second-order valence-corrected chi connectivity index (χ2v) is 5.33. The second kappa shape index (κ2) is 3.25. The molecule has 2 radical (unpaired) electrons. The van der Waals surface area contributed by atoms with E-state index in [2.05, 4.69) is 23.8 Å². The summed E-state index contributed by atoms with van der Waals surface area (Å²) in [5, 5.41) is 0. The summed E-state index contributed by atoms with van der Waals surface area (Å²) in [4.78, 5) is 19.2. The van der Waals surface area contributed by atoms with E-state index >= 15 is 0 Å². The molecule has 0 bridgehead atoms. The number of aromatic amines is 1. The Morgan fingerprint density at radius 1 is 1.53 bits per heavy atom. The molecule has 2 heterocycles. The first-order valence-electron chi connectivity index (χ1n) is 5.87. The van der Waals surface area contributed by atoms with Crippen molar-refractivity contribution in [3.05, 3.63) is 22.7 Å². The molecule has 0 atom stereocenters. The molecule has 3 rings (SSSR count). The van der Waals surface area contributed by atoms with Crippen LogP contribution in [-0.4, -0.2) is 22.4 Å². The van der Waals surface area contributed by atoms with E-state index in [9.17, 15) is 4.79 Å². The van der Waals surface area contributed by atoms with Crippen LogP contribution in [0.5, 0.6) is 0 Å². The van der Waals surface area contributed by atoms with E-state index in [1.807, 2.05) is 0 Å². The van der Waals surface area contributed by atoms with Gasteiger partial charge in [0.15, 0.2) is 5.65 Å². The van der Waals surface area contributed by atoms with Gasteiger partial charge in [-0.05, 0) is 38.7 Å². The molecule has 0 unspecified atom stereocenters. The van der Waals surface area contributed by atoms with E-state index in [0.717, 1.165) is 0 Å². The molecule has 5 heteroatoms. The number of H-pyrrole nitrogens is 1. The molecular weight excluding hydrogens is 213 g/mol. The van der Waals surface area contributed by atoms with Gasteiger partial charge >= 0.3 is 5.69 Å². The molecule has 2 aromatic rings. The summed E-state index contributed by atoms with van der Waals surface area (Å²) < 4.78 is 1.76. The van der Waals surface area contributed by atoms with Gasteiger partial charge < -0.3 is 4.98 Å². The van der Waals surface area contributed by atoms with Gasteiger partial charge in [-0.15, -0.1) is 0 Å². The van der Waals surface area contributed by atoms with Crippen molar-refractivity contribution < 1.29 is 0 Å². The van der Waals surface area contributed by atoms with Gasteiger partial charge in [-0.2, -0.15) is 0 Å². The number of nitrogens with one attached hydrogen (secondary N) is 1. The van der Waals surface area contributed by atoms with Gasteiger partial charge in [0.1, 0.15) is 7.85 Å². The molecule has 0 amide bonds. The van der Waals surface area contributed by atoms with E-state index in [4.69, 9.17) is 7.85 Å². The minimum absolute atomic E-state index is 0.102. The van der Waals surface area contributed by atoms with Crippen molar-refractivity contribution in [1.82, 2.24) is 14.5 Å². The van der Waals surface area contributed by atoms with Crippen LogP contribution >= 0.6 is 0 Å². The summed E-state index contributed by atoms with van der Waals surface area (Å²) in [6.45, 7) is 4.19. The molecule has 1 saturated carbocycles. The Balaban J connectivity index is 2.28. The summed E-state index contributed by atoms with van der Waals surface area (Å²) in [7, 11) is 5.67. The van der Waals surface area contributed by atoms with Crippen LogP contribution in [0, 0.1) is 5.92 Å². The van der Waals surface area contributed by atoms with Gasteiger partial charge in [0.25, 0.3) is 0 Å². The van der Waals surface area contributed by atoms with E-state index < -0.39 is 0 Å². The normalized spacial score (nSPS) is 16.6. The van der Waals surface area contributed by atoms with Gasteiger partial charge in [0.2, 0.25) is 0 Å². The minimum Gasteiger partial charge on any atom is -0.304 e. The fourth-order valence-corrected chi connectivity index (χ4v) is 2.52. The number of fused-ring (bicyclic) bond motifs is 1. The molecule has 2 aromatic heterocycles. The number of nitrogens with zero attached hydrogens (tertiary/aromatic N) is 2. The third-order valence-electron chi connectivity index (χ3n) is 3.70. The molecule has 0 aromatic carbocycles. The highest BCUT2D eigenvalue weighted by Gasteiger charge is 2.41. The number of pyridine rings is 1. The van der Waals surface area contributed by atoms with Crippen LogP contribution in [0.3, 0.4) is 0 Å². The number of hydrogen-bond donors (Lipinski definition) is 1. The highest BCUT2D eigenvalue weighted by Crippen LogP contribution is 2.43. The molecule has 1 aliphatic rings. The van der Waals surface area contributed by atoms with E-state index in [1.165, 1.54) is 12.8 Å². The fourth-order valence-electron chi connectivity index (χ4n) is 2.52. The molecular formula is C12H14BN3O. The second-order valence-electron chi connectivity index (χ2n) is 5.33. The molecule has 0 spiro atoms. The number of aromatic nitrogens is 3. The Morgan fingerprint density at radius 2 is 2.24 bits per heavy atom. The number of imidazole rings is 1. The molecule has 86 valence electrons. The first-order chi connectivity index (χ1) is 8.00. The zero-order valence-corrected chi connectivity index (χ0v) is 10.0. The van der Waals surface area contributed by atoms with E-state index in [0.29, 0.717) is 22.5 Å². The maximum absolute atomic E-state index is 12.1. The first kappa shape index (κ1) is 10.6. The van der Waals surface area contributed by atoms with Crippen LogP contribution < -0.4 is 11.2 Å². The van der Waals surface area contributed by atoms with Gasteiger partial charge in [-0.3, -0.25) is 4.57 Å². The van der Waals surface area contributed by atoms with Gasteiger partial charge in [0.05, 0.1) is 5.52 Å². The Bertz CT molecular complexity index is 637. The van der Waals surface area contributed by atoms with E-state index in [1.54, 1.807) is 16.8 Å². The highest BCUT2D eigenvalue weighted by atomic mass is 16.1. The van der Waals surface area contributed by atoms with Crippen molar-refractivity contribution in [1.29, 1.82) is 0 Å². The predicted molar refractivity (Wildman–Crippen MR) is 67.8 cm³/mol. The Labute approximate surface area is 100 Å². The maximum Gasteiger partial charge on any atom is 0.328 e. The third kappa shape index (κ3) is 1.52. The SMILES string of the molecule is [B]c1cnc2c(c1)[nH]c(=O)n2C(C)(C)C1CC1. The Hall–Kier alpha value is -1.52. The van der Waals surface area contributed by atoms with Crippen molar-refractivity contribution in [3.63, 3.8) is 0 Å². The lowest BCUT2D eigenvalue weighted by atomic mass is 9.97. The van der Waals surface area contributed by atoms with Crippen LogP contribution in [0.1, 0.15) is 26.7 Å². The minimum atomic E-state index is -0.182. The number of hydrogen-bond acceptors (Lipinski definition) is 2. The van der Waals surface area contributed by atoms with Gasteiger partial charge in [-0.25, -0.2) is 9.78 Å². The average molecular weight is 227 g/mol. The molecule has 17 heavy (non-hydrogen) atoms. The van der Waals surface area contributed by atoms with Gasteiger partial charge in [-0.1, -0.05) is 5.46 Å². The van der Waals surface area contributed by atoms with Crippen LogP contribution in [0.2, 0.25) is 0 Å². The third-order valence-corrected chi connectivity index (χ3v) is 3.70. The largest absolute Gasteiger partial charge is 0.328 e. The lowest BCUT2D eigenvalue weighted by Crippen LogP contribution is -2.36. The monoisotopic (exact) mass is 227 g/mol. The van der Waals surface area contributed by atoms with Crippen LogP contribution in [0.4, 0.5) is 0 Å². The molecule has 1 fully saturated rings. The smallest absolute Gasteiger partial charge is 0.304 e. The van der Waals surface area contributed by atoms with Gasteiger partial charge in [0, 0.05) is 11.7 Å². The Morgan fingerprint density at radius 3 is 2.88 bits per heavy atom. The zero-order valence-electron chi connectivity index (χ0n) is 10.0. The summed E-state index contributed by atoms with van der Waals surface area (Å²) in [6, 6.07) is 1.75. The molecule has 0 saturated heterocycles. The van der Waals surface area contributed by atoms with Crippen molar-refractivity contribution in [2.45, 2.75) is 32.2 Å². The predicted octanol–water partition coefficient (Wildman–Crippen LogP) is 0.663. The quantitative estimate of drug-likeness (QED) is 0.766. The van der Waals surface area contributed by atoms with Crippen LogP contribution in [0.25, 0.3) is 11.2 Å². The topological polar surface area (TPSA) is 50.7 Å². The first-order valence-corrected chi connectivity index (χ1v) is 5.87. The Kier molecular flexibility index (Phi) is 2.03.